The number of rotatable bonds is 6. The van der Waals surface area contributed by atoms with Gasteiger partial charge in [-0.1, -0.05) is 30.4 Å². The van der Waals surface area contributed by atoms with E-state index in [1.807, 2.05) is 12.2 Å². The lowest BCUT2D eigenvalue weighted by Gasteiger charge is -2.39. The third-order valence-corrected chi connectivity index (χ3v) is 5.77. The average molecular weight is 427 g/mol. The van der Waals surface area contributed by atoms with E-state index in [0.717, 1.165) is 0 Å². The number of benzene rings is 1. The molecule has 3 rings (SSSR count). The normalized spacial score (nSPS) is 25.8. The van der Waals surface area contributed by atoms with Crippen LogP contribution in [0.3, 0.4) is 0 Å². The first-order valence-electron chi connectivity index (χ1n) is 10.2. The lowest BCUT2D eigenvalue weighted by molar-refractivity contribution is -0.158. The maximum absolute atomic E-state index is 13.2. The summed E-state index contributed by atoms with van der Waals surface area (Å²) in [6.07, 6.45) is 5.52. The fourth-order valence-electron chi connectivity index (χ4n) is 4.42. The number of carboxylic acids is 1. The van der Waals surface area contributed by atoms with Crippen molar-refractivity contribution in [3.05, 3.63) is 53.8 Å². The Morgan fingerprint density at radius 1 is 1.13 bits per heavy atom. The summed E-state index contributed by atoms with van der Waals surface area (Å²) in [6.45, 7) is 1.60. The molecule has 0 fully saturated rings. The monoisotopic (exact) mass is 427 g/mol. The lowest BCUT2D eigenvalue weighted by Crippen LogP contribution is -2.50. The number of carbonyl (C=O) groups is 4. The van der Waals surface area contributed by atoms with Gasteiger partial charge in [-0.05, 0) is 44.2 Å². The SMILES string of the molecule is CCOC(=O)C1C(O)=C(C(=O)Nc2ccccc2)C(=O)C(C(=O)O)C1C1CC=CCC1. The maximum atomic E-state index is 13.2. The minimum absolute atomic E-state index is 0.0110. The Kier molecular flexibility index (Phi) is 6.89. The van der Waals surface area contributed by atoms with Crippen LogP contribution < -0.4 is 5.32 Å². The summed E-state index contributed by atoms with van der Waals surface area (Å²) in [5.74, 6) is -9.36. The molecule has 0 saturated heterocycles. The van der Waals surface area contributed by atoms with E-state index >= 15 is 0 Å². The van der Waals surface area contributed by atoms with Gasteiger partial charge in [0.15, 0.2) is 5.78 Å². The minimum atomic E-state index is -1.64. The van der Waals surface area contributed by atoms with Crippen LogP contribution in [0.25, 0.3) is 0 Å². The summed E-state index contributed by atoms with van der Waals surface area (Å²) in [5.41, 5.74) is -0.350. The van der Waals surface area contributed by atoms with E-state index < -0.39 is 52.7 Å². The number of aliphatic hydroxyl groups excluding tert-OH is 1. The number of carbonyl (C=O) groups excluding carboxylic acids is 3. The van der Waals surface area contributed by atoms with Crippen molar-refractivity contribution >= 4 is 29.3 Å². The molecule has 2 aliphatic rings. The van der Waals surface area contributed by atoms with E-state index in [9.17, 15) is 29.4 Å². The zero-order chi connectivity index (χ0) is 22.5. The Balaban J connectivity index is 2.08. The zero-order valence-corrected chi connectivity index (χ0v) is 17.1. The van der Waals surface area contributed by atoms with Crippen LogP contribution in [-0.2, 0) is 23.9 Å². The van der Waals surface area contributed by atoms with E-state index in [-0.39, 0.29) is 12.5 Å². The van der Waals surface area contributed by atoms with Gasteiger partial charge in [-0.2, -0.15) is 0 Å². The maximum Gasteiger partial charge on any atom is 0.316 e. The van der Waals surface area contributed by atoms with E-state index in [1.165, 1.54) is 0 Å². The molecule has 0 radical (unpaired) electrons. The number of nitrogens with one attached hydrogen (secondary N) is 1. The number of aliphatic carboxylic acids is 1. The topological polar surface area (TPSA) is 130 Å². The first-order chi connectivity index (χ1) is 14.9. The zero-order valence-electron chi connectivity index (χ0n) is 17.1. The fourth-order valence-corrected chi connectivity index (χ4v) is 4.42. The molecule has 1 aromatic carbocycles. The van der Waals surface area contributed by atoms with Gasteiger partial charge in [0.05, 0.1) is 6.61 Å². The molecule has 0 bridgehead atoms. The van der Waals surface area contributed by atoms with Gasteiger partial charge in [0, 0.05) is 11.6 Å². The highest BCUT2D eigenvalue weighted by Gasteiger charge is 2.54. The number of amides is 1. The number of hydrogen-bond acceptors (Lipinski definition) is 6. The predicted octanol–water partition coefficient (Wildman–Crippen LogP) is 2.87. The van der Waals surface area contributed by atoms with E-state index in [1.54, 1.807) is 37.3 Å². The number of aliphatic hydroxyl groups is 1. The van der Waals surface area contributed by atoms with Gasteiger partial charge in [-0.25, -0.2) is 0 Å². The summed E-state index contributed by atoms with van der Waals surface area (Å²) in [4.78, 5) is 51.0. The van der Waals surface area contributed by atoms with Crippen LogP contribution in [0.5, 0.6) is 0 Å². The second-order valence-electron chi connectivity index (χ2n) is 7.61. The van der Waals surface area contributed by atoms with Gasteiger partial charge in [0.25, 0.3) is 5.91 Å². The quantitative estimate of drug-likeness (QED) is 0.275. The Morgan fingerprint density at radius 2 is 1.84 bits per heavy atom. The molecule has 4 atom stereocenters. The van der Waals surface area contributed by atoms with Gasteiger partial charge in [-0.15, -0.1) is 0 Å². The van der Waals surface area contributed by atoms with E-state index in [4.69, 9.17) is 4.74 Å². The van der Waals surface area contributed by atoms with Gasteiger partial charge in [-0.3, -0.25) is 19.2 Å². The van der Waals surface area contributed by atoms with E-state index in [0.29, 0.717) is 24.9 Å². The highest BCUT2D eigenvalue weighted by Crippen LogP contribution is 2.45. The summed E-state index contributed by atoms with van der Waals surface area (Å²) < 4.78 is 5.10. The Labute approximate surface area is 179 Å². The summed E-state index contributed by atoms with van der Waals surface area (Å²) in [6, 6.07) is 8.23. The second kappa shape index (κ2) is 9.59. The van der Waals surface area contributed by atoms with Crippen molar-refractivity contribution in [3.63, 3.8) is 0 Å². The summed E-state index contributed by atoms with van der Waals surface area (Å²) in [7, 11) is 0. The Bertz CT molecular complexity index is 935. The number of anilines is 1. The number of allylic oxidation sites excluding steroid dienone is 2. The van der Waals surface area contributed by atoms with Gasteiger partial charge in [0.2, 0.25) is 0 Å². The molecule has 31 heavy (non-hydrogen) atoms. The predicted molar refractivity (Wildman–Crippen MR) is 111 cm³/mol. The van der Waals surface area contributed by atoms with Crippen LogP contribution in [0.4, 0.5) is 5.69 Å². The van der Waals surface area contributed by atoms with Crippen molar-refractivity contribution < 1.29 is 34.1 Å². The molecule has 8 nitrogen and oxygen atoms in total. The molecule has 164 valence electrons. The molecular formula is C23H25NO7. The van der Waals surface area contributed by atoms with Crippen LogP contribution in [0.1, 0.15) is 26.2 Å². The molecule has 0 spiro atoms. The largest absolute Gasteiger partial charge is 0.510 e. The third kappa shape index (κ3) is 4.52. The van der Waals surface area contributed by atoms with Crippen molar-refractivity contribution in [2.75, 3.05) is 11.9 Å². The van der Waals surface area contributed by atoms with Crippen LogP contribution >= 0.6 is 0 Å². The van der Waals surface area contributed by atoms with Crippen LogP contribution in [-0.4, -0.2) is 40.4 Å². The van der Waals surface area contributed by atoms with Gasteiger partial charge >= 0.3 is 11.9 Å². The molecule has 4 unspecified atom stereocenters. The van der Waals surface area contributed by atoms with Crippen molar-refractivity contribution in [2.24, 2.45) is 23.7 Å². The molecule has 0 aliphatic heterocycles. The standard InChI is InChI=1S/C23H25NO7/c1-2-31-23(30)17-15(13-9-5-3-6-10-13)16(22(28)29)19(25)18(20(17)26)21(27)24-14-11-7-4-8-12-14/h3-5,7-8,11-13,15-17,26H,2,6,9-10H2,1H3,(H,24,27)(H,28,29). The Hall–Kier alpha value is -3.42. The van der Waals surface area contributed by atoms with Crippen LogP contribution in [0, 0.1) is 23.7 Å². The molecule has 0 aromatic heterocycles. The first kappa shape index (κ1) is 22.3. The number of para-hydroxylation sites is 1. The van der Waals surface area contributed by atoms with Crippen LogP contribution in [0.2, 0.25) is 0 Å². The highest BCUT2D eigenvalue weighted by molar-refractivity contribution is 6.28. The smallest absolute Gasteiger partial charge is 0.316 e. The molecule has 0 heterocycles. The van der Waals surface area contributed by atoms with E-state index in [2.05, 4.69) is 5.32 Å². The number of esters is 1. The van der Waals surface area contributed by atoms with Crippen molar-refractivity contribution in [1.29, 1.82) is 0 Å². The number of carboxylic acid groups (broad SMARTS) is 1. The van der Waals surface area contributed by atoms with Crippen molar-refractivity contribution in [1.82, 2.24) is 0 Å². The molecule has 8 heteroatoms. The Morgan fingerprint density at radius 3 is 2.42 bits per heavy atom. The first-order valence-corrected chi connectivity index (χ1v) is 10.2. The van der Waals surface area contributed by atoms with Crippen molar-refractivity contribution in [2.45, 2.75) is 26.2 Å². The number of hydrogen-bond donors (Lipinski definition) is 3. The van der Waals surface area contributed by atoms with Gasteiger partial charge in [0.1, 0.15) is 23.2 Å². The number of ketones is 1. The molecule has 0 saturated carbocycles. The summed E-state index contributed by atoms with van der Waals surface area (Å²) in [5, 5.41) is 23.3. The fraction of sp³-hybridized carbons (Fsp3) is 0.391. The van der Waals surface area contributed by atoms with Crippen LogP contribution in [0.15, 0.2) is 53.8 Å². The van der Waals surface area contributed by atoms with Gasteiger partial charge < -0.3 is 20.3 Å². The molecule has 3 N–H and O–H groups in total. The highest BCUT2D eigenvalue weighted by atomic mass is 16.5. The molecule has 1 amide bonds. The minimum Gasteiger partial charge on any atom is -0.510 e. The second-order valence-corrected chi connectivity index (χ2v) is 7.61. The molecule has 1 aromatic rings. The number of ether oxygens (including phenoxy) is 1. The molecular weight excluding hydrogens is 402 g/mol. The third-order valence-electron chi connectivity index (χ3n) is 5.77. The summed E-state index contributed by atoms with van der Waals surface area (Å²) >= 11 is 0. The lowest BCUT2D eigenvalue weighted by atomic mass is 9.63. The van der Waals surface area contributed by atoms with Crippen molar-refractivity contribution in [3.8, 4) is 0 Å². The average Bonchev–Trinajstić information content (AvgIpc) is 2.74. The molecule has 2 aliphatic carbocycles. The number of Topliss-reactive ketones (excluding diaryl/α,β-unsaturated/α-hetero) is 1.